The molecular formula is C15H11FeN3. The first-order valence-corrected chi connectivity index (χ1v) is 5.71. The van der Waals surface area contributed by atoms with E-state index in [1.54, 1.807) is 18.6 Å². The van der Waals surface area contributed by atoms with Gasteiger partial charge in [0.1, 0.15) is 0 Å². The summed E-state index contributed by atoms with van der Waals surface area (Å²) in [5, 5.41) is 0. The molecule has 0 aliphatic heterocycles. The first kappa shape index (κ1) is 13.4. The van der Waals surface area contributed by atoms with Crippen LogP contribution >= 0.6 is 0 Å². The third-order valence-corrected chi connectivity index (χ3v) is 2.72. The quantitative estimate of drug-likeness (QED) is 0.680. The van der Waals surface area contributed by atoms with Crippen LogP contribution in [0.1, 0.15) is 0 Å². The molecule has 0 saturated heterocycles. The molecule has 0 spiro atoms. The van der Waals surface area contributed by atoms with Crippen LogP contribution in [0.25, 0.3) is 22.4 Å². The van der Waals surface area contributed by atoms with E-state index in [9.17, 15) is 0 Å². The van der Waals surface area contributed by atoms with Gasteiger partial charge in [0.25, 0.3) is 0 Å². The third kappa shape index (κ3) is 2.87. The number of hydrogen-bond acceptors (Lipinski definition) is 3. The van der Waals surface area contributed by atoms with Crippen molar-refractivity contribution >= 4 is 0 Å². The molecular weight excluding hydrogens is 278 g/mol. The Bertz CT molecular complexity index is 583. The van der Waals surface area contributed by atoms with Crippen molar-refractivity contribution in [3.05, 3.63) is 67.4 Å². The average molecular weight is 289 g/mol. The van der Waals surface area contributed by atoms with E-state index in [0.29, 0.717) is 0 Å². The van der Waals surface area contributed by atoms with E-state index < -0.39 is 0 Å². The zero-order valence-electron chi connectivity index (χ0n) is 10.0. The number of nitrogens with zero attached hydrogens (tertiary/aromatic N) is 3. The van der Waals surface area contributed by atoms with E-state index in [4.69, 9.17) is 0 Å². The Balaban J connectivity index is 0.00000133. The molecule has 3 rings (SSSR count). The van der Waals surface area contributed by atoms with Crippen LogP contribution in [0.3, 0.4) is 0 Å². The molecule has 3 nitrogen and oxygen atoms in total. The van der Waals surface area contributed by atoms with Crippen LogP contribution in [0.5, 0.6) is 0 Å². The topological polar surface area (TPSA) is 38.7 Å². The largest absolute Gasteiger partial charge is 0.264 e. The Hall–Kier alpha value is -2.03. The van der Waals surface area contributed by atoms with Crippen molar-refractivity contribution in [1.29, 1.82) is 0 Å². The van der Waals surface area contributed by atoms with Gasteiger partial charge in [0.05, 0.1) is 5.69 Å². The second-order valence-corrected chi connectivity index (χ2v) is 3.88. The number of hydrogen-bond donors (Lipinski definition) is 0. The van der Waals surface area contributed by atoms with E-state index >= 15 is 0 Å². The van der Waals surface area contributed by atoms with Crippen LogP contribution in [-0.4, -0.2) is 15.0 Å². The molecule has 0 N–H and O–H groups in total. The van der Waals surface area contributed by atoms with Crippen LogP contribution in [0.2, 0.25) is 0 Å². The van der Waals surface area contributed by atoms with Crippen LogP contribution in [0.4, 0.5) is 0 Å². The Kier molecular flexibility index (Phi) is 4.39. The van der Waals surface area contributed by atoms with Gasteiger partial charge in [-0.3, -0.25) is 15.0 Å². The molecule has 0 bridgehead atoms. The monoisotopic (exact) mass is 289 g/mol. The van der Waals surface area contributed by atoms with Crippen LogP contribution in [0, 0.1) is 0 Å². The summed E-state index contributed by atoms with van der Waals surface area (Å²) in [7, 11) is 0. The van der Waals surface area contributed by atoms with Gasteiger partial charge in [-0.1, -0.05) is 12.1 Å². The summed E-state index contributed by atoms with van der Waals surface area (Å²) in [6.45, 7) is 0. The fraction of sp³-hybridized carbons (Fsp3) is 0. The summed E-state index contributed by atoms with van der Waals surface area (Å²) in [5.74, 6) is 0. The van der Waals surface area contributed by atoms with Crippen molar-refractivity contribution < 1.29 is 17.1 Å². The van der Waals surface area contributed by atoms with Gasteiger partial charge in [0.15, 0.2) is 0 Å². The van der Waals surface area contributed by atoms with Crippen molar-refractivity contribution in [2.24, 2.45) is 0 Å². The molecule has 19 heavy (non-hydrogen) atoms. The number of pyridine rings is 3. The van der Waals surface area contributed by atoms with E-state index in [2.05, 4.69) is 15.0 Å². The molecule has 94 valence electrons. The minimum absolute atomic E-state index is 0. The summed E-state index contributed by atoms with van der Waals surface area (Å²) in [5.41, 5.74) is 4.07. The molecule has 0 aromatic carbocycles. The van der Waals surface area contributed by atoms with Gasteiger partial charge in [0, 0.05) is 64.7 Å². The fourth-order valence-corrected chi connectivity index (χ4v) is 1.89. The van der Waals surface area contributed by atoms with Crippen molar-refractivity contribution in [2.75, 3.05) is 0 Å². The molecule has 0 unspecified atom stereocenters. The van der Waals surface area contributed by atoms with Crippen molar-refractivity contribution in [3.63, 3.8) is 0 Å². The van der Waals surface area contributed by atoms with Gasteiger partial charge in [0.2, 0.25) is 0 Å². The second kappa shape index (κ2) is 6.23. The molecule has 0 aliphatic carbocycles. The maximum Gasteiger partial charge on any atom is 0.0796 e. The molecule has 0 fully saturated rings. The second-order valence-electron chi connectivity index (χ2n) is 3.88. The summed E-state index contributed by atoms with van der Waals surface area (Å²) >= 11 is 0. The molecule has 3 aromatic heterocycles. The SMILES string of the molecule is [Fe].c1cncc(-c2cccnc2-c2cccnc2)c1. The zero-order valence-corrected chi connectivity index (χ0v) is 11.2. The maximum absolute atomic E-state index is 4.46. The van der Waals surface area contributed by atoms with Crippen molar-refractivity contribution in [1.82, 2.24) is 15.0 Å². The van der Waals surface area contributed by atoms with E-state index in [-0.39, 0.29) is 17.1 Å². The van der Waals surface area contributed by atoms with Crippen LogP contribution < -0.4 is 0 Å². The molecule has 3 aromatic rings. The molecule has 0 amide bonds. The van der Waals surface area contributed by atoms with Gasteiger partial charge < -0.3 is 0 Å². The number of rotatable bonds is 2. The normalized spacial score (nSPS) is 9.68. The molecule has 0 aliphatic rings. The Morgan fingerprint density at radius 1 is 0.684 bits per heavy atom. The molecule has 0 radical (unpaired) electrons. The number of aromatic nitrogens is 3. The molecule has 0 atom stereocenters. The average Bonchev–Trinajstić information content (AvgIpc) is 2.49. The molecule has 0 saturated carbocycles. The van der Waals surface area contributed by atoms with Crippen LogP contribution in [-0.2, 0) is 17.1 Å². The third-order valence-electron chi connectivity index (χ3n) is 2.72. The predicted molar refractivity (Wildman–Crippen MR) is 70.7 cm³/mol. The van der Waals surface area contributed by atoms with E-state index in [1.165, 1.54) is 0 Å². The Morgan fingerprint density at radius 2 is 1.32 bits per heavy atom. The summed E-state index contributed by atoms with van der Waals surface area (Å²) < 4.78 is 0. The van der Waals surface area contributed by atoms with Gasteiger partial charge in [-0.15, -0.1) is 0 Å². The standard InChI is InChI=1S/C15H11N3.Fe/c1-4-12(10-16-7-1)14-6-3-9-18-15(14)13-5-2-8-17-11-13;/h1-11H;. The van der Waals surface area contributed by atoms with E-state index in [0.717, 1.165) is 22.4 Å². The van der Waals surface area contributed by atoms with Gasteiger partial charge in [-0.2, -0.15) is 0 Å². The van der Waals surface area contributed by atoms with Gasteiger partial charge in [-0.05, 0) is 24.3 Å². The van der Waals surface area contributed by atoms with Crippen molar-refractivity contribution in [2.45, 2.75) is 0 Å². The molecule has 4 heteroatoms. The van der Waals surface area contributed by atoms with Gasteiger partial charge in [-0.25, -0.2) is 0 Å². The van der Waals surface area contributed by atoms with Crippen LogP contribution in [0.15, 0.2) is 67.4 Å². The zero-order chi connectivity index (χ0) is 12.2. The van der Waals surface area contributed by atoms with Crippen molar-refractivity contribution in [3.8, 4) is 22.4 Å². The minimum Gasteiger partial charge on any atom is -0.264 e. The first-order valence-electron chi connectivity index (χ1n) is 5.71. The van der Waals surface area contributed by atoms with E-state index in [1.807, 2.05) is 48.8 Å². The van der Waals surface area contributed by atoms with Gasteiger partial charge >= 0.3 is 0 Å². The Labute approximate surface area is 122 Å². The summed E-state index contributed by atoms with van der Waals surface area (Å²) in [6.07, 6.45) is 8.99. The smallest absolute Gasteiger partial charge is 0.0796 e. The maximum atomic E-state index is 4.46. The molecule has 3 heterocycles. The summed E-state index contributed by atoms with van der Waals surface area (Å²) in [4.78, 5) is 12.8. The minimum atomic E-state index is 0. The Morgan fingerprint density at radius 3 is 1.95 bits per heavy atom. The first-order chi connectivity index (χ1) is 8.95. The predicted octanol–water partition coefficient (Wildman–Crippen LogP) is 3.20. The summed E-state index contributed by atoms with van der Waals surface area (Å²) in [6, 6.07) is 11.9. The fourth-order valence-electron chi connectivity index (χ4n) is 1.89.